The largest absolute Gasteiger partial charge is 0.465 e. The van der Waals surface area contributed by atoms with Gasteiger partial charge in [0.05, 0.1) is 12.2 Å². The average molecular weight is 457 g/mol. The van der Waals surface area contributed by atoms with Crippen molar-refractivity contribution in [1.29, 1.82) is 0 Å². The van der Waals surface area contributed by atoms with Gasteiger partial charge in [-0.3, -0.25) is 9.78 Å². The number of piperidine rings is 1. The van der Waals surface area contributed by atoms with Crippen molar-refractivity contribution in [3.05, 3.63) is 65.7 Å². The Hall–Kier alpha value is -3.24. The summed E-state index contributed by atoms with van der Waals surface area (Å²) < 4.78 is 38.7. The lowest BCUT2D eigenvalue weighted by atomic mass is 9.99. The Morgan fingerprint density at radius 1 is 1.31 bits per heavy atom. The normalized spacial score (nSPS) is 17.6. The summed E-state index contributed by atoms with van der Waals surface area (Å²) in [5, 5.41) is 6.73. The summed E-state index contributed by atoms with van der Waals surface area (Å²) >= 11 is 0. The van der Waals surface area contributed by atoms with Gasteiger partial charge < -0.3 is 14.3 Å². The summed E-state index contributed by atoms with van der Waals surface area (Å²) in [5.74, 6) is 0.0824. The molecule has 0 radical (unpaired) electrons. The van der Waals surface area contributed by atoms with E-state index < -0.39 is 15.9 Å². The van der Waals surface area contributed by atoms with E-state index >= 15 is 0 Å². The first-order valence-electron chi connectivity index (χ1n) is 10.3. The van der Waals surface area contributed by atoms with Gasteiger partial charge in [-0.15, -0.1) is 0 Å². The van der Waals surface area contributed by atoms with Gasteiger partial charge in [-0.2, -0.15) is 4.31 Å². The maximum atomic E-state index is 13.4. The number of nitrogens with one attached hydrogen (secondary N) is 1. The Balaban J connectivity index is 1.48. The minimum atomic E-state index is -3.90. The fraction of sp³-hybridized carbons (Fsp3) is 0.318. The standard InChI is InChI=1S/C22H24N4O5S/c1-16-21(20(31-25-16)9-8-19-7-4-12-30-19)32(28,29)26-11-3-6-18(15-26)22(27)24-14-17-5-2-10-23-13-17/h2,4-5,7-10,12-13,18H,3,6,11,14-15H2,1H3,(H,24,27). The molecule has 0 bridgehead atoms. The summed E-state index contributed by atoms with van der Waals surface area (Å²) in [4.78, 5) is 16.7. The van der Waals surface area contributed by atoms with Crippen LogP contribution in [0.2, 0.25) is 0 Å². The number of aryl methyl sites for hydroxylation is 1. The number of pyridine rings is 1. The van der Waals surface area contributed by atoms with Crippen LogP contribution < -0.4 is 5.32 Å². The van der Waals surface area contributed by atoms with Crippen LogP contribution in [-0.2, 0) is 21.4 Å². The molecule has 1 aliphatic rings. The van der Waals surface area contributed by atoms with E-state index in [2.05, 4.69) is 15.5 Å². The molecule has 0 saturated carbocycles. The monoisotopic (exact) mass is 456 g/mol. The van der Waals surface area contributed by atoms with Crippen LogP contribution in [0.5, 0.6) is 0 Å². The molecule has 1 aliphatic heterocycles. The van der Waals surface area contributed by atoms with Gasteiger partial charge in [-0.25, -0.2) is 8.42 Å². The highest BCUT2D eigenvalue weighted by molar-refractivity contribution is 7.89. The van der Waals surface area contributed by atoms with Crippen LogP contribution in [0.25, 0.3) is 12.2 Å². The van der Waals surface area contributed by atoms with Gasteiger partial charge in [0.1, 0.15) is 11.5 Å². The van der Waals surface area contributed by atoms with Gasteiger partial charge >= 0.3 is 0 Å². The molecule has 1 saturated heterocycles. The first-order valence-corrected chi connectivity index (χ1v) is 11.7. The Morgan fingerprint density at radius 3 is 2.94 bits per heavy atom. The number of carbonyl (C=O) groups is 1. The molecule has 1 atom stereocenters. The predicted molar refractivity (Wildman–Crippen MR) is 116 cm³/mol. The highest BCUT2D eigenvalue weighted by Crippen LogP contribution is 2.29. The van der Waals surface area contributed by atoms with Crippen molar-refractivity contribution in [2.45, 2.75) is 31.2 Å². The molecule has 4 heterocycles. The lowest BCUT2D eigenvalue weighted by Crippen LogP contribution is -2.45. The molecule has 0 aromatic carbocycles. The number of sulfonamides is 1. The van der Waals surface area contributed by atoms with Crippen LogP contribution in [0.4, 0.5) is 0 Å². The van der Waals surface area contributed by atoms with Crippen molar-refractivity contribution >= 4 is 28.1 Å². The Morgan fingerprint density at radius 2 is 2.19 bits per heavy atom. The molecule has 4 rings (SSSR count). The molecular formula is C22H24N4O5S. The zero-order valence-electron chi connectivity index (χ0n) is 17.6. The number of aromatic nitrogens is 2. The molecule has 9 nitrogen and oxygen atoms in total. The molecule has 1 amide bonds. The minimum Gasteiger partial charge on any atom is -0.465 e. The molecule has 168 valence electrons. The molecule has 1 fully saturated rings. The van der Waals surface area contributed by atoms with Crippen LogP contribution in [0.1, 0.15) is 35.6 Å². The van der Waals surface area contributed by atoms with E-state index in [9.17, 15) is 13.2 Å². The fourth-order valence-electron chi connectivity index (χ4n) is 3.68. The van der Waals surface area contributed by atoms with E-state index in [1.165, 1.54) is 16.6 Å². The predicted octanol–water partition coefficient (Wildman–Crippen LogP) is 2.86. The number of carbonyl (C=O) groups excluding carboxylic acids is 1. The van der Waals surface area contributed by atoms with Crippen molar-refractivity contribution < 1.29 is 22.2 Å². The molecule has 3 aromatic heterocycles. The second kappa shape index (κ2) is 9.49. The van der Waals surface area contributed by atoms with Crippen LogP contribution >= 0.6 is 0 Å². The SMILES string of the molecule is Cc1noc(C=Cc2ccco2)c1S(=O)(=O)N1CCCC(C(=O)NCc2cccnc2)C1. The number of hydrogen-bond acceptors (Lipinski definition) is 7. The van der Waals surface area contributed by atoms with Crippen LogP contribution in [0.3, 0.4) is 0 Å². The van der Waals surface area contributed by atoms with E-state index in [1.54, 1.807) is 43.6 Å². The second-order valence-electron chi connectivity index (χ2n) is 7.59. The highest BCUT2D eigenvalue weighted by atomic mass is 32.2. The zero-order chi connectivity index (χ0) is 22.6. The van der Waals surface area contributed by atoms with Crippen molar-refractivity contribution in [1.82, 2.24) is 19.8 Å². The van der Waals surface area contributed by atoms with Gasteiger partial charge in [0.15, 0.2) is 10.7 Å². The lowest BCUT2D eigenvalue weighted by Gasteiger charge is -2.31. The van der Waals surface area contributed by atoms with E-state index in [0.717, 1.165) is 5.56 Å². The third-order valence-electron chi connectivity index (χ3n) is 5.32. The maximum Gasteiger partial charge on any atom is 0.248 e. The van der Waals surface area contributed by atoms with Crippen LogP contribution in [-0.4, -0.2) is 41.9 Å². The first kappa shape index (κ1) is 22.0. The van der Waals surface area contributed by atoms with E-state index in [0.29, 0.717) is 31.7 Å². The van der Waals surface area contributed by atoms with Gasteiger partial charge in [0, 0.05) is 32.0 Å². The smallest absolute Gasteiger partial charge is 0.248 e. The van der Waals surface area contributed by atoms with Crippen molar-refractivity contribution in [3.8, 4) is 0 Å². The summed E-state index contributed by atoms with van der Waals surface area (Å²) in [6, 6.07) is 7.15. The number of furan rings is 1. The van der Waals surface area contributed by atoms with Gasteiger partial charge in [0.2, 0.25) is 15.9 Å². The van der Waals surface area contributed by atoms with Crippen LogP contribution in [0, 0.1) is 12.8 Å². The number of amides is 1. The van der Waals surface area contributed by atoms with E-state index in [1.807, 2.05) is 6.07 Å². The molecule has 1 unspecified atom stereocenters. The molecule has 32 heavy (non-hydrogen) atoms. The zero-order valence-corrected chi connectivity index (χ0v) is 18.4. The Bertz CT molecular complexity index is 1190. The molecule has 0 aliphatic carbocycles. The third kappa shape index (κ3) is 4.81. The van der Waals surface area contributed by atoms with Crippen molar-refractivity contribution in [2.75, 3.05) is 13.1 Å². The van der Waals surface area contributed by atoms with Gasteiger partial charge in [-0.05, 0) is 55.7 Å². The highest BCUT2D eigenvalue weighted by Gasteiger charge is 2.36. The average Bonchev–Trinajstić information content (AvgIpc) is 3.46. The maximum absolute atomic E-state index is 13.4. The van der Waals surface area contributed by atoms with Crippen molar-refractivity contribution in [2.24, 2.45) is 5.92 Å². The number of nitrogens with zero attached hydrogens (tertiary/aromatic N) is 3. The summed E-state index contributed by atoms with van der Waals surface area (Å²) in [5.41, 5.74) is 1.15. The third-order valence-corrected chi connectivity index (χ3v) is 7.34. The molecule has 0 spiro atoms. The number of hydrogen-bond donors (Lipinski definition) is 1. The quantitative estimate of drug-likeness (QED) is 0.581. The molecule has 10 heteroatoms. The summed E-state index contributed by atoms with van der Waals surface area (Å²) in [7, 11) is -3.90. The number of rotatable bonds is 7. The minimum absolute atomic E-state index is 0.0109. The topological polar surface area (TPSA) is 119 Å². The van der Waals surface area contributed by atoms with Gasteiger partial charge in [0.25, 0.3) is 0 Å². The molecule has 3 aromatic rings. The second-order valence-corrected chi connectivity index (χ2v) is 9.47. The van der Waals surface area contributed by atoms with E-state index in [-0.39, 0.29) is 28.8 Å². The Kier molecular flexibility index (Phi) is 6.52. The molecule has 1 N–H and O–H groups in total. The van der Waals surface area contributed by atoms with Crippen LogP contribution in [0.15, 0.2) is 56.8 Å². The lowest BCUT2D eigenvalue weighted by molar-refractivity contribution is -0.126. The first-order chi connectivity index (χ1) is 15.4. The summed E-state index contributed by atoms with van der Waals surface area (Å²) in [6.45, 7) is 2.37. The Labute approximate surface area is 186 Å². The fourth-order valence-corrected chi connectivity index (χ4v) is 5.46. The van der Waals surface area contributed by atoms with E-state index in [4.69, 9.17) is 8.94 Å². The van der Waals surface area contributed by atoms with Crippen molar-refractivity contribution in [3.63, 3.8) is 0 Å². The molecular weight excluding hydrogens is 432 g/mol. The van der Waals surface area contributed by atoms with Gasteiger partial charge in [-0.1, -0.05) is 11.2 Å². The summed E-state index contributed by atoms with van der Waals surface area (Å²) in [6.07, 6.45) is 9.23.